The van der Waals surface area contributed by atoms with Crippen molar-refractivity contribution in [3.8, 4) is 0 Å². The molecule has 0 bridgehead atoms. The monoisotopic (exact) mass is 281 g/mol. The lowest BCUT2D eigenvalue weighted by Crippen LogP contribution is -2.58. The van der Waals surface area contributed by atoms with Crippen LogP contribution in [0.25, 0.3) is 0 Å². The van der Waals surface area contributed by atoms with Gasteiger partial charge in [0.15, 0.2) is 0 Å². The van der Waals surface area contributed by atoms with Gasteiger partial charge in [0.05, 0.1) is 0 Å². The number of nitrogens with one attached hydrogen (secondary N) is 1. The third-order valence-corrected chi connectivity index (χ3v) is 5.70. The Hall–Kier alpha value is -0.120. The fourth-order valence-corrected chi connectivity index (χ4v) is 4.62. The van der Waals surface area contributed by atoms with E-state index in [-0.39, 0.29) is 0 Å². The molecule has 2 aliphatic rings. The number of fused-ring (bicyclic) bond motifs is 1. The molecule has 4 unspecified atom stereocenters. The Morgan fingerprint density at radius 1 is 1.20 bits per heavy atom. The lowest BCUT2D eigenvalue weighted by atomic mass is 9.83. The van der Waals surface area contributed by atoms with Crippen molar-refractivity contribution in [1.29, 1.82) is 0 Å². The first-order valence-electron chi connectivity index (χ1n) is 8.82. The highest BCUT2D eigenvalue weighted by Crippen LogP contribution is 2.31. The maximum atomic E-state index is 3.58. The van der Waals surface area contributed by atoms with Gasteiger partial charge in [-0.3, -0.25) is 4.90 Å². The summed E-state index contributed by atoms with van der Waals surface area (Å²) in [5, 5.41) is 3.58. The third-order valence-electron chi connectivity index (χ3n) is 5.70. The Morgan fingerprint density at radius 2 is 2.00 bits per heavy atom. The van der Waals surface area contributed by atoms with Crippen LogP contribution in [-0.4, -0.2) is 61.7 Å². The molecule has 2 saturated heterocycles. The Morgan fingerprint density at radius 3 is 2.65 bits per heavy atom. The number of rotatable bonds is 6. The van der Waals surface area contributed by atoms with Crippen molar-refractivity contribution in [3.63, 3.8) is 0 Å². The van der Waals surface area contributed by atoms with Crippen LogP contribution in [0.15, 0.2) is 0 Å². The van der Waals surface area contributed by atoms with Crippen LogP contribution in [0, 0.1) is 5.92 Å². The van der Waals surface area contributed by atoms with E-state index >= 15 is 0 Å². The van der Waals surface area contributed by atoms with Crippen LogP contribution in [0.5, 0.6) is 0 Å². The Labute approximate surface area is 126 Å². The predicted molar refractivity (Wildman–Crippen MR) is 87.2 cm³/mol. The normalized spacial score (nSPS) is 31.8. The van der Waals surface area contributed by atoms with Crippen LogP contribution >= 0.6 is 0 Å². The van der Waals surface area contributed by atoms with E-state index in [9.17, 15) is 0 Å². The second-order valence-corrected chi connectivity index (χ2v) is 6.89. The summed E-state index contributed by atoms with van der Waals surface area (Å²) in [6.45, 7) is 8.61. The molecule has 2 fully saturated rings. The summed E-state index contributed by atoms with van der Waals surface area (Å²) in [5.74, 6) is 0.913. The van der Waals surface area contributed by atoms with Crippen LogP contribution in [0.4, 0.5) is 0 Å². The van der Waals surface area contributed by atoms with Gasteiger partial charge in [-0.25, -0.2) is 0 Å². The topological polar surface area (TPSA) is 18.5 Å². The van der Waals surface area contributed by atoms with Gasteiger partial charge < -0.3 is 10.2 Å². The van der Waals surface area contributed by atoms with E-state index in [1.54, 1.807) is 0 Å². The molecule has 0 radical (unpaired) electrons. The highest BCUT2D eigenvalue weighted by Gasteiger charge is 2.37. The summed E-state index contributed by atoms with van der Waals surface area (Å²) in [7, 11) is 4.47. The molecule has 0 saturated carbocycles. The van der Waals surface area contributed by atoms with Gasteiger partial charge in [-0.1, -0.05) is 20.3 Å². The fourth-order valence-electron chi connectivity index (χ4n) is 4.62. The SMILES string of the molecule is CCCC(NC)C(CC)N1CCC2C(CCCN2C)C1. The average Bonchev–Trinajstić information content (AvgIpc) is 2.47. The number of hydrogen-bond acceptors (Lipinski definition) is 3. The van der Waals surface area contributed by atoms with E-state index in [4.69, 9.17) is 0 Å². The largest absolute Gasteiger partial charge is 0.315 e. The van der Waals surface area contributed by atoms with Crippen molar-refractivity contribution >= 4 is 0 Å². The number of nitrogens with zero attached hydrogens (tertiary/aromatic N) is 2. The Kier molecular flexibility index (Phi) is 6.31. The number of likely N-dealkylation sites (tertiary alicyclic amines) is 2. The molecule has 1 N–H and O–H groups in total. The minimum atomic E-state index is 0.669. The smallest absolute Gasteiger partial charge is 0.0246 e. The first kappa shape index (κ1) is 16.3. The minimum Gasteiger partial charge on any atom is -0.315 e. The fraction of sp³-hybridized carbons (Fsp3) is 1.00. The van der Waals surface area contributed by atoms with Crippen LogP contribution in [-0.2, 0) is 0 Å². The average molecular weight is 281 g/mol. The van der Waals surface area contributed by atoms with Gasteiger partial charge in [-0.2, -0.15) is 0 Å². The molecule has 0 aromatic rings. The molecular weight excluding hydrogens is 246 g/mol. The molecule has 0 spiro atoms. The van der Waals surface area contributed by atoms with Crippen molar-refractivity contribution in [1.82, 2.24) is 15.1 Å². The molecule has 0 aliphatic carbocycles. The highest BCUT2D eigenvalue weighted by atomic mass is 15.2. The first-order valence-corrected chi connectivity index (χ1v) is 8.82. The van der Waals surface area contributed by atoms with Crippen molar-refractivity contribution in [2.45, 2.75) is 70.5 Å². The van der Waals surface area contributed by atoms with Gasteiger partial charge in [-0.05, 0) is 58.7 Å². The standard InChI is InChI=1S/C17H35N3/c1-5-8-15(18-3)16(6-2)20-12-10-17-14(13-20)9-7-11-19(17)4/h14-18H,5-13H2,1-4H3. The molecule has 2 rings (SSSR count). The first-order chi connectivity index (χ1) is 9.71. The summed E-state index contributed by atoms with van der Waals surface area (Å²) < 4.78 is 0. The molecule has 0 aromatic carbocycles. The molecular formula is C17H35N3. The van der Waals surface area contributed by atoms with E-state index in [0.717, 1.165) is 18.0 Å². The molecule has 3 heteroatoms. The van der Waals surface area contributed by atoms with Gasteiger partial charge in [0.1, 0.15) is 0 Å². The zero-order chi connectivity index (χ0) is 14.5. The summed E-state index contributed by atoms with van der Waals surface area (Å²) in [6, 6.07) is 2.26. The van der Waals surface area contributed by atoms with E-state index in [1.165, 1.54) is 58.2 Å². The van der Waals surface area contributed by atoms with Gasteiger partial charge in [0.25, 0.3) is 0 Å². The molecule has 20 heavy (non-hydrogen) atoms. The maximum absolute atomic E-state index is 3.58. The zero-order valence-electron chi connectivity index (χ0n) is 14.1. The molecule has 0 amide bonds. The van der Waals surface area contributed by atoms with Crippen LogP contribution in [0.1, 0.15) is 52.4 Å². The molecule has 0 aromatic heterocycles. The summed E-state index contributed by atoms with van der Waals surface area (Å²) in [6.07, 6.45) is 8.08. The number of hydrogen-bond donors (Lipinski definition) is 1. The van der Waals surface area contributed by atoms with Gasteiger partial charge in [-0.15, -0.1) is 0 Å². The Bertz CT molecular complexity index is 281. The quantitative estimate of drug-likeness (QED) is 0.807. The second-order valence-electron chi connectivity index (χ2n) is 6.89. The van der Waals surface area contributed by atoms with E-state index in [0.29, 0.717) is 6.04 Å². The molecule has 2 aliphatic heterocycles. The third kappa shape index (κ3) is 3.55. The van der Waals surface area contributed by atoms with Crippen LogP contribution in [0.2, 0.25) is 0 Å². The van der Waals surface area contributed by atoms with Crippen molar-refractivity contribution in [3.05, 3.63) is 0 Å². The molecule has 118 valence electrons. The summed E-state index contributed by atoms with van der Waals surface area (Å²) in [4.78, 5) is 5.42. The Balaban J connectivity index is 1.98. The number of likely N-dealkylation sites (N-methyl/N-ethyl adjacent to an activating group) is 1. The minimum absolute atomic E-state index is 0.669. The van der Waals surface area contributed by atoms with E-state index in [1.807, 2.05) is 0 Å². The maximum Gasteiger partial charge on any atom is 0.0246 e. The van der Waals surface area contributed by atoms with E-state index < -0.39 is 0 Å². The van der Waals surface area contributed by atoms with E-state index in [2.05, 4.69) is 43.1 Å². The van der Waals surface area contributed by atoms with Crippen LogP contribution in [0.3, 0.4) is 0 Å². The van der Waals surface area contributed by atoms with Crippen molar-refractivity contribution in [2.75, 3.05) is 33.7 Å². The molecule has 2 heterocycles. The summed E-state index contributed by atoms with van der Waals surface area (Å²) in [5.41, 5.74) is 0. The van der Waals surface area contributed by atoms with Crippen LogP contribution < -0.4 is 5.32 Å². The van der Waals surface area contributed by atoms with Crippen molar-refractivity contribution in [2.24, 2.45) is 5.92 Å². The van der Waals surface area contributed by atoms with Gasteiger partial charge >= 0.3 is 0 Å². The highest BCUT2D eigenvalue weighted by molar-refractivity contribution is 4.93. The van der Waals surface area contributed by atoms with Gasteiger partial charge in [0.2, 0.25) is 0 Å². The molecule has 3 nitrogen and oxygen atoms in total. The van der Waals surface area contributed by atoms with Crippen molar-refractivity contribution < 1.29 is 0 Å². The lowest BCUT2D eigenvalue weighted by Gasteiger charge is -2.49. The molecule has 4 atom stereocenters. The number of piperidine rings is 2. The second kappa shape index (κ2) is 7.77. The van der Waals surface area contributed by atoms with Gasteiger partial charge in [0, 0.05) is 31.2 Å². The lowest BCUT2D eigenvalue weighted by molar-refractivity contribution is 0.0108. The predicted octanol–water partition coefficient (Wildman–Crippen LogP) is 2.57. The summed E-state index contributed by atoms with van der Waals surface area (Å²) >= 11 is 0. The zero-order valence-corrected chi connectivity index (χ0v) is 14.1.